The fraction of sp³-hybridized carbons (Fsp3) is 0.417. The van der Waals surface area contributed by atoms with E-state index in [4.69, 9.17) is 9.97 Å². The van der Waals surface area contributed by atoms with Crippen LogP contribution in [0.3, 0.4) is 0 Å². The molecule has 1 aromatic carbocycles. The van der Waals surface area contributed by atoms with Crippen molar-refractivity contribution in [3.05, 3.63) is 57.0 Å². The lowest BCUT2D eigenvalue weighted by atomic mass is 10.0. The summed E-state index contributed by atoms with van der Waals surface area (Å²) in [5, 5.41) is 10.2. The van der Waals surface area contributed by atoms with Gasteiger partial charge in [-0.1, -0.05) is 13.0 Å². The number of benzene rings is 1. The van der Waals surface area contributed by atoms with Gasteiger partial charge >= 0.3 is 0 Å². The minimum atomic E-state index is -0.0327. The van der Waals surface area contributed by atoms with Gasteiger partial charge in [-0.2, -0.15) is 4.98 Å². The molecule has 4 aromatic rings. The van der Waals surface area contributed by atoms with Crippen LogP contribution >= 0.6 is 11.3 Å². The summed E-state index contributed by atoms with van der Waals surface area (Å²) in [5.41, 5.74) is 5.54. The maximum absolute atomic E-state index is 13.3. The molecule has 0 spiro atoms. The van der Waals surface area contributed by atoms with Crippen LogP contribution in [-0.2, 0) is 18.4 Å². The SMILES string of the molecule is CC1(c2csc(-n3c4nc(Nc5ccc6c(c5)CCNC6)ncc4c(=O)n3C3CC3)n2)CC1. The molecule has 8 nitrogen and oxygen atoms in total. The number of aromatic nitrogens is 5. The Morgan fingerprint density at radius 3 is 2.91 bits per heavy atom. The number of hydrogen-bond acceptors (Lipinski definition) is 7. The van der Waals surface area contributed by atoms with Crippen molar-refractivity contribution in [2.24, 2.45) is 0 Å². The van der Waals surface area contributed by atoms with Gasteiger partial charge in [0.25, 0.3) is 5.56 Å². The highest BCUT2D eigenvalue weighted by Crippen LogP contribution is 2.48. The fourth-order valence-electron chi connectivity index (χ4n) is 4.66. The van der Waals surface area contributed by atoms with Gasteiger partial charge in [0.05, 0.1) is 11.7 Å². The van der Waals surface area contributed by atoms with Gasteiger partial charge in [0.1, 0.15) is 5.39 Å². The average molecular weight is 460 g/mol. The van der Waals surface area contributed by atoms with Gasteiger partial charge in [0, 0.05) is 29.2 Å². The van der Waals surface area contributed by atoms with E-state index < -0.39 is 0 Å². The van der Waals surface area contributed by atoms with Crippen LogP contribution in [-0.4, -0.2) is 30.9 Å². The number of nitrogens with zero attached hydrogens (tertiary/aromatic N) is 5. The van der Waals surface area contributed by atoms with Gasteiger partial charge in [-0.25, -0.2) is 19.3 Å². The average Bonchev–Trinajstić information content (AvgIpc) is 3.74. The Labute approximate surface area is 194 Å². The Morgan fingerprint density at radius 2 is 2.09 bits per heavy atom. The minimum absolute atomic E-state index is 0.0327. The zero-order valence-corrected chi connectivity index (χ0v) is 19.3. The Balaban J connectivity index is 1.32. The maximum Gasteiger partial charge on any atom is 0.278 e. The standard InChI is InChI=1S/C24H25N7OS/c1-24(7-8-24)19-13-33-23(28-19)31-20-18(21(32)30(31)17-4-5-17)12-26-22(29-20)27-16-3-2-15-11-25-9-6-14(15)10-16/h2-3,10,12-13,17,25H,4-9,11H2,1H3,(H,26,27,29). The van der Waals surface area contributed by atoms with Gasteiger partial charge < -0.3 is 10.6 Å². The van der Waals surface area contributed by atoms with E-state index in [0.717, 1.165) is 48.9 Å². The highest BCUT2D eigenvalue weighted by atomic mass is 32.1. The lowest BCUT2D eigenvalue weighted by Gasteiger charge is -2.18. The molecule has 0 saturated heterocycles. The maximum atomic E-state index is 13.3. The van der Waals surface area contributed by atoms with Crippen LogP contribution in [0.4, 0.5) is 11.6 Å². The second kappa shape index (κ2) is 6.98. The quantitative estimate of drug-likeness (QED) is 0.472. The summed E-state index contributed by atoms with van der Waals surface area (Å²) in [6.07, 6.45) is 7.03. The summed E-state index contributed by atoms with van der Waals surface area (Å²) in [4.78, 5) is 27.5. The normalized spacial score (nSPS) is 18.9. The van der Waals surface area contributed by atoms with Crippen LogP contribution in [0, 0.1) is 0 Å². The van der Waals surface area contributed by atoms with Crippen molar-refractivity contribution in [1.82, 2.24) is 29.6 Å². The monoisotopic (exact) mass is 459 g/mol. The lowest BCUT2D eigenvalue weighted by Crippen LogP contribution is -2.23. The molecule has 2 fully saturated rings. The van der Waals surface area contributed by atoms with Crippen LogP contribution in [0.25, 0.3) is 16.2 Å². The molecule has 3 aliphatic rings. The molecule has 2 aliphatic carbocycles. The van der Waals surface area contributed by atoms with Crippen molar-refractivity contribution in [3.8, 4) is 5.13 Å². The molecule has 4 heterocycles. The predicted molar refractivity (Wildman–Crippen MR) is 129 cm³/mol. The third-order valence-corrected chi connectivity index (χ3v) is 7.97. The van der Waals surface area contributed by atoms with Gasteiger partial charge in [0.15, 0.2) is 5.65 Å². The van der Waals surface area contributed by atoms with E-state index in [1.54, 1.807) is 17.5 Å². The summed E-state index contributed by atoms with van der Waals surface area (Å²) < 4.78 is 3.77. The van der Waals surface area contributed by atoms with E-state index in [9.17, 15) is 4.79 Å². The third-order valence-electron chi connectivity index (χ3n) is 7.16. The van der Waals surface area contributed by atoms with E-state index in [0.29, 0.717) is 17.0 Å². The zero-order chi connectivity index (χ0) is 22.2. The third kappa shape index (κ3) is 3.21. The zero-order valence-electron chi connectivity index (χ0n) is 18.5. The molecule has 0 atom stereocenters. The van der Waals surface area contributed by atoms with E-state index in [-0.39, 0.29) is 17.0 Å². The van der Waals surface area contributed by atoms with Crippen molar-refractivity contribution < 1.29 is 0 Å². The Morgan fingerprint density at radius 1 is 1.21 bits per heavy atom. The first-order chi connectivity index (χ1) is 16.1. The number of rotatable bonds is 5. The highest BCUT2D eigenvalue weighted by Gasteiger charge is 2.41. The van der Waals surface area contributed by atoms with Crippen LogP contribution < -0.4 is 16.2 Å². The molecule has 0 bridgehead atoms. The Bertz CT molecular complexity index is 1460. The number of hydrogen-bond donors (Lipinski definition) is 2. The van der Waals surface area contributed by atoms with Gasteiger partial charge in [-0.3, -0.25) is 4.79 Å². The largest absolute Gasteiger partial charge is 0.324 e. The first-order valence-electron chi connectivity index (χ1n) is 11.7. The van der Waals surface area contributed by atoms with Crippen molar-refractivity contribution in [2.45, 2.75) is 57.0 Å². The molecule has 2 saturated carbocycles. The van der Waals surface area contributed by atoms with Crippen molar-refractivity contribution >= 4 is 34.0 Å². The van der Waals surface area contributed by atoms with Crippen LogP contribution in [0.15, 0.2) is 34.6 Å². The molecule has 33 heavy (non-hydrogen) atoms. The Hall–Kier alpha value is -3.04. The fourth-order valence-corrected chi connectivity index (χ4v) is 5.64. The summed E-state index contributed by atoms with van der Waals surface area (Å²) in [6.45, 7) is 4.16. The smallest absolute Gasteiger partial charge is 0.278 e. The lowest BCUT2D eigenvalue weighted by molar-refractivity contribution is 0.557. The van der Waals surface area contributed by atoms with Gasteiger partial charge in [-0.15, -0.1) is 11.3 Å². The summed E-state index contributed by atoms with van der Waals surface area (Å²) in [5.74, 6) is 0.490. The van der Waals surface area contributed by atoms with Crippen molar-refractivity contribution in [3.63, 3.8) is 0 Å². The summed E-state index contributed by atoms with van der Waals surface area (Å²) >= 11 is 1.59. The van der Waals surface area contributed by atoms with E-state index in [1.807, 2.05) is 9.36 Å². The van der Waals surface area contributed by atoms with Crippen LogP contribution in [0.2, 0.25) is 0 Å². The van der Waals surface area contributed by atoms with Gasteiger partial charge in [0.2, 0.25) is 11.1 Å². The molecule has 9 heteroatoms. The summed E-state index contributed by atoms with van der Waals surface area (Å²) in [6, 6.07) is 6.60. The first kappa shape index (κ1) is 19.4. The molecule has 0 radical (unpaired) electrons. The number of fused-ring (bicyclic) bond motifs is 2. The van der Waals surface area contributed by atoms with E-state index in [1.165, 1.54) is 24.0 Å². The van der Waals surface area contributed by atoms with Crippen molar-refractivity contribution in [2.75, 3.05) is 11.9 Å². The molecular formula is C24H25N7OS. The van der Waals surface area contributed by atoms with E-state index >= 15 is 0 Å². The van der Waals surface area contributed by atoms with Crippen molar-refractivity contribution in [1.29, 1.82) is 0 Å². The van der Waals surface area contributed by atoms with Gasteiger partial charge in [-0.05, 0) is 61.9 Å². The number of thiazole rings is 1. The Kier molecular flexibility index (Phi) is 4.11. The summed E-state index contributed by atoms with van der Waals surface area (Å²) in [7, 11) is 0. The van der Waals surface area contributed by atoms with Crippen LogP contribution in [0.5, 0.6) is 0 Å². The second-order valence-electron chi connectivity index (χ2n) is 9.73. The molecular weight excluding hydrogens is 434 g/mol. The molecule has 0 amide bonds. The molecule has 3 aromatic heterocycles. The topological polar surface area (TPSA) is 89.7 Å². The molecule has 168 valence electrons. The highest BCUT2D eigenvalue weighted by molar-refractivity contribution is 7.12. The molecule has 7 rings (SSSR count). The molecule has 2 N–H and O–H groups in total. The van der Waals surface area contributed by atoms with Crippen LogP contribution in [0.1, 0.15) is 55.5 Å². The number of anilines is 2. The molecule has 1 aliphatic heterocycles. The first-order valence-corrected chi connectivity index (χ1v) is 12.5. The molecule has 0 unspecified atom stereocenters. The second-order valence-corrected chi connectivity index (χ2v) is 10.6. The predicted octanol–water partition coefficient (Wildman–Crippen LogP) is 3.81. The number of nitrogens with one attached hydrogen (secondary N) is 2. The van der Waals surface area contributed by atoms with E-state index in [2.05, 4.69) is 46.1 Å². The minimum Gasteiger partial charge on any atom is -0.324 e.